The van der Waals surface area contributed by atoms with Crippen molar-refractivity contribution in [2.75, 3.05) is 0 Å². The second-order valence-electron chi connectivity index (χ2n) is 8.81. The predicted molar refractivity (Wildman–Crippen MR) is 146 cm³/mol. The minimum absolute atomic E-state index is 0.310. The molecule has 5 rings (SSSR count). The maximum atomic E-state index is 15.0. The zero-order valence-corrected chi connectivity index (χ0v) is 22.2. The molecule has 10 heteroatoms. The molecule has 0 aliphatic rings. The Kier molecular flexibility index (Phi) is 7.08. The fourth-order valence-electron chi connectivity index (χ4n) is 4.95. The molecule has 0 aliphatic heterocycles. The molecule has 0 aliphatic carbocycles. The van der Waals surface area contributed by atoms with E-state index >= 15 is 8.78 Å². The van der Waals surface area contributed by atoms with Crippen LogP contribution in [0.4, 0.5) is 22.0 Å². The van der Waals surface area contributed by atoms with Gasteiger partial charge in [0.15, 0.2) is 0 Å². The Balaban J connectivity index is 2.04. The fourth-order valence-corrected chi connectivity index (χ4v) is 13.6. The van der Waals surface area contributed by atoms with Crippen molar-refractivity contribution in [2.24, 2.45) is 0 Å². The van der Waals surface area contributed by atoms with Gasteiger partial charge in [0.1, 0.15) is 0 Å². The zero-order chi connectivity index (χ0) is 28.6. The Labute approximate surface area is 227 Å². The van der Waals surface area contributed by atoms with Crippen LogP contribution in [0.1, 0.15) is 0 Å². The number of hydrogen-bond donors (Lipinski definition) is 0. The molecule has 204 valence electrons. The first-order valence-corrected chi connectivity index (χ1v) is 15.4. The molecular weight excluding hydrogens is 566 g/mol. The van der Waals surface area contributed by atoms with Gasteiger partial charge in [-0.1, -0.05) is 0 Å². The van der Waals surface area contributed by atoms with Crippen LogP contribution < -0.4 is 21.2 Å². The third kappa shape index (κ3) is 3.96. The van der Waals surface area contributed by atoms with Crippen LogP contribution in [0.2, 0.25) is 0 Å². The molecule has 3 nitrogen and oxygen atoms in total. The van der Waals surface area contributed by atoms with Gasteiger partial charge in [-0.2, -0.15) is 0 Å². The standard InChI is InChI=1S/C30H20F5O3PS/c31-25-26(32)28(34)30(29(35)27(25)33)40(36,37)38-39(21-13-5-1-6-14-21,22-15-7-2-8-16-22,23-17-9-3-10-18-23)24-19-11-4-12-20-24/h1-20H. The van der Waals surface area contributed by atoms with Crippen LogP contribution in [-0.4, -0.2) is 8.42 Å². The number of halogens is 5. The molecule has 0 unspecified atom stereocenters. The first kappa shape index (κ1) is 27.6. The Morgan fingerprint density at radius 2 is 0.675 bits per heavy atom. The van der Waals surface area contributed by atoms with Gasteiger partial charge in [0, 0.05) is 0 Å². The van der Waals surface area contributed by atoms with Gasteiger partial charge in [0.25, 0.3) is 0 Å². The van der Waals surface area contributed by atoms with E-state index in [9.17, 15) is 21.6 Å². The van der Waals surface area contributed by atoms with Gasteiger partial charge in [-0.3, -0.25) is 0 Å². The van der Waals surface area contributed by atoms with Gasteiger partial charge in [-0.25, -0.2) is 0 Å². The normalized spacial score (nSPS) is 13.0. The van der Waals surface area contributed by atoms with Gasteiger partial charge in [-0.05, 0) is 0 Å². The third-order valence-electron chi connectivity index (χ3n) is 6.66. The van der Waals surface area contributed by atoms with Crippen LogP contribution in [0.25, 0.3) is 0 Å². The van der Waals surface area contributed by atoms with Gasteiger partial charge >= 0.3 is 228 Å². The molecule has 0 fully saturated rings. The van der Waals surface area contributed by atoms with E-state index in [4.69, 9.17) is 3.97 Å². The molecule has 0 saturated carbocycles. The van der Waals surface area contributed by atoms with Crippen LogP contribution in [0.3, 0.4) is 0 Å². The van der Waals surface area contributed by atoms with Crippen molar-refractivity contribution in [1.29, 1.82) is 0 Å². The minimum atomic E-state index is -5.73. The van der Waals surface area contributed by atoms with Gasteiger partial charge < -0.3 is 0 Å². The van der Waals surface area contributed by atoms with Crippen molar-refractivity contribution in [1.82, 2.24) is 0 Å². The fraction of sp³-hybridized carbons (Fsp3) is 0. The van der Waals surface area contributed by atoms with Crippen LogP contribution in [0, 0.1) is 29.1 Å². The number of benzene rings is 5. The molecule has 0 bridgehead atoms. The van der Waals surface area contributed by atoms with E-state index in [-0.39, 0.29) is 0 Å². The van der Waals surface area contributed by atoms with Gasteiger partial charge in [0.05, 0.1) is 0 Å². The third-order valence-corrected chi connectivity index (χ3v) is 14.6. The Bertz CT molecular complexity index is 1590. The van der Waals surface area contributed by atoms with E-state index in [1.807, 2.05) is 0 Å². The zero-order valence-electron chi connectivity index (χ0n) is 20.5. The van der Waals surface area contributed by atoms with E-state index < -0.39 is 50.9 Å². The van der Waals surface area contributed by atoms with Crippen molar-refractivity contribution in [3.8, 4) is 0 Å². The number of rotatable bonds is 7. The molecular formula is C30H20F5O3PS. The summed E-state index contributed by atoms with van der Waals surface area (Å²) in [5.74, 6) is -12.3. The van der Waals surface area contributed by atoms with Crippen LogP contribution >= 0.6 is 6.83 Å². The summed E-state index contributed by atoms with van der Waals surface area (Å²) in [4.78, 5) is -2.07. The predicted octanol–water partition coefficient (Wildman–Crippen LogP) is 5.86. The van der Waals surface area contributed by atoms with E-state index in [0.29, 0.717) is 21.2 Å². The molecule has 5 aromatic rings. The second-order valence-corrected chi connectivity index (χ2v) is 14.9. The topological polar surface area (TPSA) is 43.4 Å². The van der Waals surface area contributed by atoms with Gasteiger partial charge in [0.2, 0.25) is 0 Å². The molecule has 0 N–H and O–H groups in total. The SMILES string of the molecule is O=S(=O)(OP(c1ccccc1)(c1ccccc1)(c1ccccc1)c1ccccc1)c1c(F)c(F)c(F)c(F)c1F. The molecule has 0 heterocycles. The molecule has 5 aromatic carbocycles. The van der Waals surface area contributed by atoms with Crippen LogP contribution in [-0.2, 0) is 14.1 Å². The van der Waals surface area contributed by atoms with Crippen molar-refractivity contribution in [3.63, 3.8) is 0 Å². The molecule has 0 spiro atoms. The Hall–Kier alpha value is -3.91. The van der Waals surface area contributed by atoms with Crippen LogP contribution in [0.5, 0.6) is 0 Å². The first-order valence-electron chi connectivity index (χ1n) is 11.9. The van der Waals surface area contributed by atoms with E-state index in [2.05, 4.69) is 0 Å². The summed E-state index contributed by atoms with van der Waals surface area (Å²) in [5, 5.41) is 1.24. The Morgan fingerprint density at radius 3 is 0.950 bits per heavy atom. The van der Waals surface area contributed by atoms with E-state index in [1.165, 1.54) is 0 Å². The Morgan fingerprint density at radius 1 is 0.425 bits per heavy atom. The quantitative estimate of drug-likeness (QED) is 0.104. The molecule has 0 saturated heterocycles. The summed E-state index contributed by atoms with van der Waals surface area (Å²) in [6.45, 7) is -5.06. The van der Waals surface area contributed by atoms with Crippen molar-refractivity contribution in [3.05, 3.63) is 150 Å². The average Bonchev–Trinajstić information content (AvgIpc) is 3.00. The van der Waals surface area contributed by atoms with Crippen molar-refractivity contribution in [2.45, 2.75) is 4.90 Å². The molecule has 0 atom stereocenters. The maximum absolute atomic E-state index is 15.0. The van der Waals surface area contributed by atoms with E-state index in [0.717, 1.165) is 0 Å². The van der Waals surface area contributed by atoms with Crippen molar-refractivity contribution < 1.29 is 34.3 Å². The molecule has 0 amide bonds. The van der Waals surface area contributed by atoms with Gasteiger partial charge in [-0.15, -0.1) is 0 Å². The summed E-state index contributed by atoms with van der Waals surface area (Å²) in [6.07, 6.45) is 0. The molecule has 0 radical (unpaired) electrons. The first-order chi connectivity index (χ1) is 19.1. The van der Waals surface area contributed by atoms with Crippen LogP contribution in [0.15, 0.2) is 126 Å². The average molecular weight is 587 g/mol. The molecule has 40 heavy (non-hydrogen) atoms. The molecule has 0 aromatic heterocycles. The summed E-state index contributed by atoms with van der Waals surface area (Å²) >= 11 is 0. The van der Waals surface area contributed by atoms with Crippen molar-refractivity contribution >= 4 is 38.2 Å². The monoisotopic (exact) mass is 586 g/mol. The van der Waals surface area contributed by atoms with E-state index in [1.54, 1.807) is 121 Å². The summed E-state index contributed by atoms with van der Waals surface area (Å²) in [6, 6.07) is 32.7. The second kappa shape index (κ2) is 10.2. The summed E-state index contributed by atoms with van der Waals surface area (Å²) in [7, 11) is -5.73. The number of hydrogen-bond acceptors (Lipinski definition) is 3. The summed E-state index contributed by atoms with van der Waals surface area (Å²) < 4.78 is 107. The summed E-state index contributed by atoms with van der Waals surface area (Å²) in [5.41, 5.74) is 0.